The first-order valence-electron chi connectivity index (χ1n) is 6.69. The van der Waals surface area contributed by atoms with Crippen LogP contribution in [0, 0.1) is 11.3 Å². The molecule has 0 spiro atoms. The molecule has 0 saturated carbocycles. The Balaban J connectivity index is 2.14. The van der Waals surface area contributed by atoms with Crippen LogP contribution in [0.1, 0.15) is 16.6 Å². The Morgan fingerprint density at radius 3 is 2.82 bits per heavy atom. The molecule has 6 nitrogen and oxygen atoms in total. The van der Waals surface area contributed by atoms with Crippen LogP contribution in [0.3, 0.4) is 0 Å². The second-order valence-corrected chi connectivity index (χ2v) is 6.41. The summed E-state index contributed by atoms with van der Waals surface area (Å²) in [5.41, 5.74) is -0.224. The second kappa shape index (κ2) is 6.64. The van der Waals surface area contributed by atoms with Gasteiger partial charge >= 0.3 is 0 Å². The van der Waals surface area contributed by atoms with Gasteiger partial charge in [0, 0.05) is 12.7 Å². The summed E-state index contributed by atoms with van der Waals surface area (Å²) >= 11 is 1.26. The molecule has 22 heavy (non-hydrogen) atoms. The van der Waals surface area contributed by atoms with Crippen LogP contribution in [0.2, 0.25) is 0 Å². The van der Waals surface area contributed by atoms with Crippen LogP contribution >= 0.6 is 11.3 Å². The average molecular weight is 315 g/mol. The van der Waals surface area contributed by atoms with Gasteiger partial charge in [-0.3, -0.25) is 9.78 Å². The number of pyridine rings is 1. The van der Waals surface area contributed by atoms with Gasteiger partial charge < -0.3 is 10.2 Å². The predicted octanol–water partition coefficient (Wildman–Crippen LogP) is 1.78. The minimum absolute atomic E-state index is 0.300. The molecule has 1 N–H and O–H groups in total. The van der Waals surface area contributed by atoms with Gasteiger partial charge in [-0.1, -0.05) is 6.07 Å². The third kappa shape index (κ3) is 3.87. The fourth-order valence-electron chi connectivity index (χ4n) is 2.03. The van der Waals surface area contributed by atoms with E-state index in [1.54, 1.807) is 13.1 Å². The molecule has 114 valence electrons. The molecule has 0 aliphatic rings. The van der Waals surface area contributed by atoms with E-state index in [-0.39, 0.29) is 5.91 Å². The molecule has 0 aromatic carbocycles. The van der Waals surface area contributed by atoms with E-state index in [1.165, 1.54) is 17.5 Å². The number of hydrogen-bond donors (Lipinski definition) is 1. The maximum Gasteiger partial charge on any atom is 0.264 e. The summed E-state index contributed by atoms with van der Waals surface area (Å²) in [4.78, 5) is 23.1. The lowest BCUT2D eigenvalue weighted by atomic mass is 10.0. The summed E-state index contributed by atoms with van der Waals surface area (Å²) in [5.74, 6) is -0.300. The number of rotatable bonds is 5. The fourth-order valence-corrected chi connectivity index (χ4v) is 2.82. The van der Waals surface area contributed by atoms with E-state index in [4.69, 9.17) is 0 Å². The Morgan fingerprint density at radius 2 is 2.23 bits per heavy atom. The van der Waals surface area contributed by atoms with E-state index in [9.17, 15) is 10.1 Å². The van der Waals surface area contributed by atoms with Crippen LogP contribution in [0.4, 0.5) is 0 Å². The number of nitriles is 1. The van der Waals surface area contributed by atoms with Crippen LogP contribution < -0.4 is 5.32 Å². The van der Waals surface area contributed by atoms with Crippen molar-refractivity contribution in [2.45, 2.75) is 12.5 Å². The SMILES string of the molecule is CN(C)CC(C)(C#N)NC(=O)c1cnc(-c2ccccn2)s1. The van der Waals surface area contributed by atoms with Crippen molar-refractivity contribution >= 4 is 17.2 Å². The van der Waals surface area contributed by atoms with Gasteiger partial charge in [-0.2, -0.15) is 5.26 Å². The smallest absolute Gasteiger partial charge is 0.264 e. The maximum absolute atomic E-state index is 12.3. The standard InChI is InChI=1S/C15H17N5OS/c1-15(9-16,10-20(2)3)19-13(21)12-8-18-14(22-12)11-6-4-5-7-17-11/h4-8H,10H2,1-3H3,(H,19,21). The highest BCUT2D eigenvalue weighted by Gasteiger charge is 2.28. The van der Waals surface area contributed by atoms with Gasteiger partial charge in [-0.05, 0) is 33.2 Å². The summed E-state index contributed by atoms with van der Waals surface area (Å²) < 4.78 is 0. The zero-order valence-electron chi connectivity index (χ0n) is 12.7. The van der Waals surface area contributed by atoms with Gasteiger partial charge in [0.05, 0.1) is 18.0 Å². The number of carbonyl (C=O) groups excluding carboxylic acids is 1. The first kappa shape index (κ1) is 16.1. The topological polar surface area (TPSA) is 81.9 Å². The Kier molecular flexibility index (Phi) is 4.85. The average Bonchev–Trinajstić information content (AvgIpc) is 2.97. The summed E-state index contributed by atoms with van der Waals surface area (Å²) in [6.45, 7) is 2.13. The minimum Gasteiger partial charge on any atom is -0.332 e. The summed E-state index contributed by atoms with van der Waals surface area (Å²) in [6.07, 6.45) is 3.19. The van der Waals surface area contributed by atoms with Crippen molar-refractivity contribution in [3.63, 3.8) is 0 Å². The number of amides is 1. The Labute approximate surface area is 133 Å². The maximum atomic E-state index is 12.3. The molecular weight excluding hydrogens is 298 g/mol. The molecule has 0 fully saturated rings. The molecule has 2 heterocycles. The van der Waals surface area contributed by atoms with Gasteiger partial charge in [0.15, 0.2) is 0 Å². The number of likely N-dealkylation sites (N-methyl/N-ethyl adjacent to an activating group) is 1. The van der Waals surface area contributed by atoms with Gasteiger partial charge in [-0.25, -0.2) is 4.98 Å². The van der Waals surface area contributed by atoms with Crippen LogP contribution in [0.15, 0.2) is 30.6 Å². The molecule has 1 amide bonds. The van der Waals surface area contributed by atoms with Gasteiger partial charge in [0.25, 0.3) is 5.91 Å². The van der Waals surface area contributed by atoms with Gasteiger partial charge in [-0.15, -0.1) is 11.3 Å². The van der Waals surface area contributed by atoms with Crippen molar-refractivity contribution in [3.05, 3.63) is 35.5 Å². The highest BCUT2D eigenvalue weighted by atomic mass is 32.1. The lowest BCUT2D eigenvalue weighted by Gasteiger charge is -2.26. The highest BCUT2D eigenvalue weighted by molar-refractivity contribution is 7.16. The zero-order valence-corrected chi connectivity index (χ0v) is 13.5. The minimum atomic E-state index is -0.949. The van der Waals surface area contributed by atoms with Crippen LogP contribution in [0.5, 0.6) is 0 Å². The number of aromatic nitrogens is 2. The summed E-state index contributed by atoms with van der Waals surface area (Å²) in [6, 6.07) is 7.68. The molecule has 2 rings (SSSR count). The van der Waals surface area contributed by atoms with E-state index in [1.807, 2.05) is 37.2 Å². The van der Waals surface area contributed by atoms with Gasteiger partial charge in [0.2, 0.25) is 0 Å². The molecule has 2 aromatic rings. The molecule has 0 bridgehead atoms. The quantitative estimate of drug-likeness (QED) is 0.909. The van der Waals surface area contributed by atoms with Crippen molar-refractivity contribution in [2.24, 2.45) is 0 Å². The van der Waals surface area contributed by atoms with E-state index < -0.39 is 5.54 Å². The Hall–Kier alpha value is -2.30. The first-order valence-corrected chi connectivity index (χ1v) is 7.51. The van der Waals surface area contributed by atoms with Crippen LogP contribution in [-0.2, 0) is 0 Å². The molecule has 2 aromatic heterocycles. The van der Waals surface area contributed by atoms with Crippen LogP contribution in [0.25, 0.3) is 10.7 Å². The number of carbonyl (C=O) groups is 1. The van der Waals surface area contributed by atoms with E-state index in [0.29, 0.717) is 16.4 Å². The first-order chi connectivity index (χ1) is 10.4. The lowest BCUT2D eigenvalue weighted by Crippen LogP contribution is -2.51. The Bertz CT molecular complexity index is 691. The molecule has 1 unspecified atom stereocenters. The van der Waals surface area contributed by atoms with Gasteiger partial charge in [0.1, 0.15) is 15.4 Å². The molecular formula is C15H17N5OS. The van der Waals surface area contributed by atoms with E-state index in [0.717, 1.165) is 5.69 Å². The van der Waals surface area contributed by atoms with Crippen molar-refractivity contribution in [1.29, 1.82) is 5.26 Å². The molecule has 0 radical (unpaired) electrons. The molecule has 0 aliphatic heterocycles. The summed E-state index contributed by atoms with van der Waals surface area (Å²) in [5, 5.41) is 12.7. The second-order valence-electron chi connectivity index (χ2n) is 5.38. The van der Waals surface area contributed by atoms with Crippen molar-refractivity contribution < 1.29 is 4.79 Å². The van der Waals surface area contributed by atoms with Crippen molar-refractivity contribution in [1.82, 2.24) is 20.2 Å². The van der Waals surface area contributed by atoms with Crippen molar-refractivity contribution in [3.8, 4) is 16.8 Å². The van der Waals surface area contributed by atoms with Crippen molar-refractivity contribution in [2.75, 3.05) is 20.6 Å². The monoisotopic (exact) mass is 315 g/mol. The lowest BCUT2D eigenvalue weighted by molar-refractivity contribution is 0.0918. The van der Waals surface area contributed by atoms with E-state index in [2.05, 4.69) is 21.4 Å². The summed E-state index contributed by atoms with van der Waals surface area (Å²) in [7, 11) is 3.71. The normalized spacial score (nSPS) is 13.4. The Morgan fingerprint density at radius 1 is 1.45 bits per heavy atom. The molecule has 0 saturated heterocycles. The highest BCUT2D eigenvalue weighted by Crippen LogP contribution is 2.23. The number of hydrogen-bond acceptors (Lipinski definition) is 6. The zero-order chi connectivity index (χ0) is 16.2. The number of nitrogens with one attached hydrogen (secondary N) is 1. The number of thiazole rings is 1. The number of nitrogens with zero attached hydrogens (tertiary/aromatic N) is 4. The molecule has 7 heteroatoms. The van der Waals surface area contributed by atoms with Crippen LogP contribution in [-0.4, -0.2) is 47.0 Å². The largest absolute Gasteiger partial charge is 0.332 e. The molecule has 1 atom stereocenters. The third-order valence-corrected chi connectivity index (χ3v) is 3.90. The third-order valence-electron chi connectivity index (χ3n) is 2.88. The molecule has 0 aliphatic carbocycles. The fraction of sp³-hybridized carbons (Fsp3) is 0.333. The van der Waals surface area contributed by atoms with E-state index >= 15 is 0 Å². The predicted molar refractivity (Wildman–Crippen MR) is 85.4 cm³/mol.